The third-order valence-corrected chi connectivity index (χ3v) is 5.21. The number of nitrogen functional groups attached to an aromatic ring is 1. The number of nitrogens with zero attached hydrogens (tertiary/aromatic N) is 6. The van der Waals surface area contributed by atoms with Crippen LogP contribution in [-0.4, -0.2) is 36.9 Å². The average molecular weight is 458 g/mol. The van der Waals surface area contributed by atoms with Crippen LogP contribution in [0.5, 0.6) is 0 Å². The van der Waals surface area contributed by atoms with Crippen molar-refractivity contribution in [2.24, 2.45) is 5.10 Å². The normalized spacial score (nSPS) is 11.9. The van der Waals surface area contributed by atoms with E-state index in [0.717, 1.165) is 0 Å². The van der Waals surface area contributed by atoms with Crippen LogP contribution in [0.25, 0.3) is 5.82 Å². The number of hydrazone groups is 1. The number of nitrogens with one attached hydrogen (secondary N) is 1. The summed E-state index contributed by atoms with van der Waals surface area (Å²) in [4.78, 5) is 12.7. The maximum Gasteiger partial charge on any atom is 0.293 e. The first-order valence-electron chi connectivity index (χ1n) is 8.24. The molecule has 0 saturated heterocycles. The number of halogens is 3. The SMILES string of the molecule is C/C(=N/NC(=O)c1nnn(-c2nonc2N)c1C(C)C)c1ccc(Cl)c(Cl)c1Cl. The largest absolute Gasteiger partial charge is 0.378 e. The highest BCUT2D eigenvalue weighted by atomic mass is 35.5. The Hall–Kier alpha value is -2.69. The zero-order chi connectivity index (χ0) is 21.3. The van der Waals surface area contributed by atoms with Crippen molar-refractivity contribution in [3.63, 3.8) is 0 Å². The van der Waals surface area contributed by atoms with Crippen LogP contribution in [0, 0.1) is 0 Å². The lowest BCUT2D eigenvalue weighted by Gasteiger charge is -2.09. The van der Waals surface area contributed by atoms with Crippen LogP contribution < -0.4 is 11.2 Å². The Morgan fingerprint density at radius 2 is 1.97 bits per heavy atom. The van der Waals surface area contributed by atoms with Crippen molar-refractivity contribution in [2.45, 2.75) is 26.7 Å². The zero-order valence-corrected chi connectivity index (χ0v) is 17.7. The van der Waals surface area contributed by atoms with Gasteiger partial charge in [0.05, 0.1) is 26.5 Å². The molecule has 0 aliphatic rings. The summed E-state index contributed by atoms with van der Waals surface area (Å²) in [5, 5.41) is 19.9. The second-order valence-electron chi connectivity index (χ2n) is 6.22. The first-order valence-corrected chi connectivity index (χ1v) is 9.38. The summed E-state index contributed by atoms with van der Waals surface area (Å²) in [6.07, 6.45) is 0. The number of nitrogens with two attached hydrogens (primary N) is 1. The van der Waals surface area contributed by atoms with Crippen molar-refractivity contribution in [1.29, 1.82) is 0 Å². The highest BCUT2D eigenvalue weighted by Gasteiger charge is 2.25. The molecule has 3 N–H and O–H groups in total. The van der Waals surface area contributed by atoms with Gasteiger partial charge in [-0.2, -0.15) is 9.78 Å². The second kappa shape index (κ2) is 8.36. The first kappa shape index (κ1) is 21.0. The molecular weight excluding hydrogens is 443 g/mol. The highest BCUT2D eigenvalue weighted by Crippen LogP contribution is 2.33. The Morgan fingerprint density at radius 3 is 2.59 bits per heavy atom. The fourth-order valence-electron chi connectivity index (χ4n) is 2.52. The molecule has 0 aliphatic carbocycles. The van der Waals surface area contributed by atoms with Crippen LogP contribution in [0.3, 0.4) is 0 Å². The Morgan fingerprint density at radius 1 is 1.24 bits per heavy atom. The summed E-state index contributed by atoms with van der Waals surface area (Å²) in [6.45, 7) is 5.38. The quantitative estimate of drug-likeness (QED) is 0.340. The number of rotatable bonds is 5. The van der Waals surface area contributed by atoms with Gasteiger partial charge in [0.2, 0.25) is 11.6 Å². The van der Waals surface area contributed by atoms with Crippen molar-refractivity contribution in [2.75, 3.05) is 5.73 Å². The number of anilines is 1. The van der Waals surface area contributed by atoms with E-state index in [-0.39, 0.29) is 33.3 Å². The Balaban J connectivity index is 1.90. The van der Waals surface area contributed by atoms with Gasteiger partial charge < -0.3 is 5.73 Å². The van der Waals surface area contributed by atoms with Gasteiger partial charge in [0.1, 0.15) is 0 Å². The Kier molecular flexibility index (Phi) is 6.06. The van der Waals surface area contributed by atoms with E-state index in [2.05, 4.69) is 35.8 Å². The minimum atomic E-state index is -0.578. The molecule has 2 heterocycles. The summed E-state index contributed by atoms with van der Waals surface area (Å²) in [6, 6.07) is 3.24. The van der Waals surface area contributed by atoms with E-state index < -0.39 is 5.91 Å². The molecule has 3 rings (SSSR count). The van der Waals surface area contributed by atoms with Crippen LogP contribution >= 0.6 is 34.8 Å². The van der Waals surface area contributed by atoms with Gasteiger partial charge in [-0.1, -0.05) is 59.9 Å². The minimum Gasteiger partial charge on any atom is -0.378 e. The third-order valence-electron chi connectivity index (χ3n) is 3.91. The summed E-state index contributed by atoms with van der Waals surface area (Å²) >= 11 is 18.2. The van der Waals surface area contributed by atoms with Gasteiger partial charge in [0.25, 0.3) is 5.91 Å². The molecule has 0 radical (unpaired) electrons. The van der Waals surface area contributed by atoms with E-state index in [9.17, 15) is 4.79 Å². The van der Waals surface area contributed by atoms with E-state index in [1.54, 1.807) is 19.1 Å². The summed E-state index contributed by atoms with van der Waals surface area (Å²) in [7, 11) is 0. The smallest absolute Gasteiger partial charge is 0.293 e. The zero-order valence-electron chi connectivity index (χ0n) is 15.4. The Bertz CT molecular complexity index is 1110. The minimum absolute atomic E-state index is 0.0203. The van der Waals surface area contributed by atoms with Gasteiger partial charge in [-0.05, 0) is 29.2 Å². The van der Waals surface area contributed by atoms with Gasteiger partial charge in [-0.15, -0.1) is 5.10 Å². The molecule has 1 amide bonds. The molecule has 13 heteroatoms. The molecule has 10 nitrogen and oxygen atoms in total. The van der Waals surface area contributed by atoms with Crippen LogP contribution in [0.15, 0.2) is 21.9 Å². The van der Waals surface area contributed by atoms with Crippen LogP contribution in [0.2, 0.25) is 15.1 Å². The topological polar surface area (TPSA) is 137 Å². The molecule has 1 aromatic carbocycles. The molecule has 0 spiro atoms. The molecule has 0 saturated carbocycles. The predicted octanol–water partition coefficient (Wildman–Crippen LogP) is 3.47. The number of benzene rings is 1. The number of carbonyl (C=O) groups excluding carboxylic acids is 1. The van der Waals surface area contributed by atoms with E-state index in [1.807, 2.05) is 13.8 Å². The van der Waals surface area contributed by atoms with Gasteiger partial charge in [-0.3, -0.25) is 4.79 Å². The molecule has 3 aromatic rings. The maximum absolute atomic E-state index is 12.7. The van der Waals surface area contributed by atoms with Gasteiger partial charge in [-0.25, -0.2) is 10.1 Å². The molecule has 0 bridgehead atoms. The molecular formula is C16H15Cl3N8O2. The van der Waals surface area contributed by atoms with E-state index >= 15 is 0 Å². The molecule has 0 aliphatic heterocycles. The summed E-state index contributed by atoms with van der Waals surface area (Å²) in [5.74, 6) is -0.559. The molecule has 29 heavy (non-hydrogen) atoms. The van der Waals surface area contributed by atoms with Crippen molar-refractivity contribution >= 4 is 52.2 Å². The van der Waals surface area contributed by atoms with E-state index in [4.69, 9.17) is 40.5 Å². The van der Waals surface area contributed by atoms with Crippen LogP contribution in [0.4, 0.5) is 5.82 Å². The highest BCUT2D eigenvalue weighted by molar-refractivity contribution is 6.49. The first-order chi connectivity index (χ1) is 13.7. The van der Waals surface area contributed by atoms with Gasteiger partial charge in [0.15, 0.2) is 5.69 Å². The summed E-state index contributed by atoms with van der Waals surface area (Å²) < 4.78 is 5.90. The molecule has 0 unspecified atom stereocenters. The third kappa shape index (κ3) is 4.04. The van der Waals surface area contributed by atoms with Crippen LogP contribution in [-0.2, 0) is 0 Å². The fraction of sp³-hybridized carbons (Fsp3) is 0.250. The maximum atomic E-state index is 12.7. The average Bonchev–Trinajstić information content (AvgIpc) is 3.29. The second-order valence-corrected chi connectivity index (χ2v) is 7.39. The molecule has 152 valence electrons. The molecule has 2 aromatic heterocycles. The lowest BCUT2D eigenvalue weighted by molar-refractivity contribution is 0.0948. The van der Waals surface area contributed by atoms with Crippen LogP contribution in [0.1, 0.15) is 48.4 Å². The van der Waals surface area contributed by atoms with Crippen molar-refractivity contribution in [3.05, 3.63) is 44.2 Å². The standard InChI is InChI=1S/C16H15Cl3N8O2/c1-6(2)13-12(22-26-27(13)15-14(20)24-29-25-15)16(28)23-21-7(3)8-4-5-9(17)11(19)10(8)18/h4-6H,1-3H3,(H2,20,24)(H,23,28)/b21-7-. The fourth-order valence-corrected chi connectivity index (χ4v) is 3.19. The lowest BCUT2D eigenvalue weighted by Crippen LogP contribution is -2.22. The number of hydrogen-bond donors (Lipinski definition) is 2. The van der Waals surface area contributed by atoms with Crippen molar-refractivity contribution < 1.29 is 9.42 Å². The number of hydrogen-bond acceptors (Lipinski definition) is 8. The Labute approximate surface area is 179 Å². The number of aromatic nitrogens is 5. The monoisotopic (exact) mass is 456 g/mol. The lowest BCUT2D eigenvalue weighted by atomic mass is 10.1. The molecule has 0 fully saturated rings. The summed E-state index contributed by atoms with van der Waals surface area (Å²) in [5.41, 5.74) is 9.61. The van der Waals surface area contributed by atoms with Crippen molar-refractivity contribution in [1.82, 2.24) is 30.7 Å². The number of carbonyl (C=O) groups is 1. The van der Waals surface area contributed by atoms with Crippen molar-refractivity contribution in [3.8, 4) is 5.82 Å². The molecule has 0 atom stereocenters. The predicted molar refractivity (Wildman–Crippen MR) is 109 cm³/mol. The van der Waals surface area contributed by atoms with E-state index in [1.165, 1.54) is 4.68 Å². The van der Waals surface area contributed by atoms with E-state index in [0.29, 0.717) is 22.0 Å². The number of amides is 1. The van der Waals surface area contributed by atoms with Gasteiger partial charge >= 0.3 is 0 Å². The van der Waals surface area contributed by atoms with Gasteiger partial charge in [0, 0.05) is 5.56 Å².